The Morgan fingerprint density at radius 3 is 2.17 bits per heavy atom. The zero-order valence-electron chi connectivity index (χ0n) is 16.1. The first-order valence-electron chi connectivity index (χ1n) is 9.05. The Kier molecular flexibility index (Phi) is 7.81. The summed E-state index contributed by atoms with van der Waals surface area (Å²) >= 11 is 0. The fourth-order valence-corrected chi connectivity index (χ4v) is 3.27. The highest BCUT2D eigenvalue weighted by atomic mass is 16.6. The van der Waals surface area contributed by atoms with Crippen molar-refractivity contribution in [2.75, 3.05) is 20.6 Å². The topological polar surface area (TPSA) is 53.6 Å². The molecular weight excluding hydrogens is 290 g/mol. The molecule has 0 spiro atoms. The van der Waals surface area contributed by atoms with Gasteiger partial charge in [0.25, 0.3) is 0 Å². The molecule has 1 aliphatic carbocycles. The smallest absolute Gasteiger partial charge is 0.407 e. The third-order valence-corrected chi connectivity index (χ3v) is 4.73. The second kappa shape index (κ2) is 8.88. The molecule has 1 unspecified atom stereocenters. The summed E-state index contributed by atoms with van der Waals surface area (Å²) in [4.78, 5) is 14.1. The van der Waals surface area contributed by atoms with E-state index in [0.29, 0.717) is 12.1 Å². The lowest BCUT2D eigenvalue weighted by Crippen LogP contribution is -2.55. The van der Waals surface area contributed by atoms with Crippen LogP contribution in [0.3, 0.4) is 0 Å². The maximum Gasteiger partial charge on any atom is 0.407 e. The molecule has 1 saturated carbocycles. The lowest BCUT2D eigenvalue weighted by atomic mass is 9.86. The van der Waals surface area contributed by atoms with Gasteiger partial charge in [0.15, 0.2) is 0 Å². The van der Waals surface area contributed by atoms with Gasteiger partial charge in [0.1, 0.15) is 5.60 Å². The molecular formula is C18H37N3O2. The summed E-state index contributed by atoms with van der Waals surface area (Å²) in [5.74, 6) is 0.730. The molecule has 2 N–H and O–H groups in total. The van der Waals surface area contributed by atoms with Crippen LogP contribution < -0.4 is 10.6 Å². The molecule has 0 aromatic heterocycles. The lowest BCUT2D eigenvalue weighted by molar-refractivity contribution is 0.0462. The number of hydrogen-bond acceptors (Lipinski definition) is 4. The van der Waals surface area contributed by atoms with Gasteiger partial charge in [0.05, 0.1) is 0 Å². The normalized spacial score (nSPS) is 22.8. The number of alkyl carbamates (subject to hydrolysis) is 1. The third-order valence-electron chi connectivity index (χ3n) is 4.73. The van der Waals surface area contributed by atoms with Gasteiger partial charge < -0.3 is 20.3 Å². The number of likely N-dealkylation sites (N-methyl/N-ethyl adjacent to an activating group) is 1. The molecule has 0 aromatic carbocycles. The summed E-state index contributed by atoms with van der Waals surface area (Å²) in [7, 11) is 4.33. The van der Waals surface area contributed by atoms with Gasteiger partial charge in [-0.2, -0.15) is 0 Å². The van der Waals surface area contributed by atoms with E-state index in [-0.39, 0.29) is 12.1 Å². The second-order valence-corrected chi connectivity index (χ2v) is 8.03. The van der Waals surface area contributed by atoms with Crippen LogP contribution in [0.4, 0.5) is 4.79 Å². The van der Waals surface area contributed by atoms with Crippen LogP contribution in [-0.4, -0.2) is 55.4 Å². The first-order chi connectivity index (χ1) is 10.7. The van der Waals surface area contributed by atoms with Gasteiger partial charge >= 0.3 is 6.09 Å². The van der Waals surface area contributed by atoms with Crippen molar-refractivity contribution in [1.29, 1.82) is 0 Å². The highest BCUT2D eigenvalue weighted by Crippen LogP contribution is 2.22. The van der Waals surface area contributed by atoms with Gasteiger partial charge in [-0.3, -0.25) is 0 Å². The Morgan fingerprint density at radius 2 is 1.74 bits per heavy atom. The van der Waals surface area contributed by atoms with Crippen molar-refractivity contribution in [3.05, 3.63) is 0 Å². The number of carbonyl (C=O) groups is 1. The number of nitrogens with zero attached hydrogens (tertiary/aromatic N) is 1. The van der Waals surface area contributed by atoms with Gasteiger partial charge in [-0.1, -0.05) is 26.7 Å². The van der Waals surface area contributed by atoms with Crippen molar-refractivity contribution in [2.24, 2.45) is 5.92 Å². The number of ether oxygens (including phenoxy) is 1. The molecule has 1 amide bonds. The largest absolute Gasteiger partial charge is 0.444 e. The predicted molar refractivity (Wildman–Crippen MR) is 95.7 cm³/mol. The van der Waals surface area contributed by atoms with E-state index in [1.165, 1.54) is 12.8 Å². The van der Waals surface area contributed by atoms with E-state index in [1.54, 1.807) is 0 Å². The van der Waals surface area contributed by atoms with Gasteiger partial charge in [0.2, 0.25) is 0 Å². The molecule has 23 heavy (non-hydrogen) atoms. The van der Waals surface area contributed by atoms with E-state index >= 15 is 0 Å². The Balaban J connectivity index is 2.28. The summed E-state index contributed by atoms with van der Waals surface area (Å²) in [5.41, 5.74) is -0.431. The quantitative estimate of drug-likeness (QED) is 0.719. The average molecular weight is 328 g/mol. The van der Waals surface area contributed by atoms with E-state index in [2.05, 4.69) is 43.5 Å². The van der Waals surface area contributed by atoms with E-state index in [4.69, 9.17) is 4.74 Å². The Morgan fingerprint density at radius 1 is 1.17 bits per heavy atom. The monoisotopic (exact) mass is 327 g/mol. The van der Waals surface area contributed by atoms with E-state index in [1.807, 2.05) is 20.8 Å². The number of hydrogen-bond donors (Lipinski definition) is 2. The molecule has 0 saturated heterocycles. The summed E-state index contributed by atoms with van der Waals surface area (Å²) in [6.45, 7) is 11.2. The van der Waals surface area contributed by atoms with Crippen LogP contribution in [0.2, 0.25) is 0 Å². The lowest BCUT2D eigenvalue weighted by Gasteiger charge is -2.39. The highest BCUT2D eigenvalue weighted by molar-refractivity contribution is 5.68. The van der Waals surface area contributed by atoms with Gasteiger partial charge in [-0.05, 0) is 53.6 Å². The van der Waals surface area contributed by atoms with Gasteiger partial charge in [-0.25, -0.2) is 4.79 Å². The second-order valence-electron chi connectivity index (χ2n) is 8.03. The molecule has 5 nitrogen and oxygen atoms in total. The van der Waals surface area contributed by atoms with Crippen molar-refractivity contribution in [3.63, 3.8) is 0 Å². The Hall–Kier alpha value is -0.810. The minimum atomic E-state index is -0.431. The fourth-order valence-electron chi connectivity index (χ4n) is 3.27. The van der Waals surface area contributed by atoms with E-state index < -0.39 is 5.60 Å². The SMILES string of the molecule is CCC(CC)C(CNC1CC(NC(=O)OC(C)(C)C)C1)N(C)C. The number of amides is 1. The summed E-state index contributed by atoms with van der Waals surface area (Å²) in [5, 5.41) is 6.61. The van der Waals surface area contributed by atoms with Crippen molar-refractivity contribution in [3.8, 4) is 0 Å². The third kappa shape index (κ3) is 7.08. The summed E-state index contributed by atoms with van der Waals surface area (Å²) in [6, 6.07) is 1.32. The van der Waals surface area contributed by atoms with Crippen molar-refractivity contribution >= 4 is 6.09 Å². The van der Waals surface area contributed by atoms with Crippen LogP contribution in [0, 0.1) is 5.92 Å². The van der Waals surface area contributed by atoms with E-state index in [0.717, 1.165) is 25.3 Å². The zero-order chi connectivity index (χ0) is 17.6. The van der Waals surface area contributed by atoms with Crippen LogP contribution in [0.15, 0.2) is 0 Å². The number of carbonyl (C=O) groups excluding carboxylic acids is 1. The molecule has 1 aliphatic rings. The maximum absolute atomic E-state index is 11.7. The number of rotatable bonds is 8. The maximum atomic E-state index is 11.7. The average Bonchev–Trinajstić information content (AvgIpc) is 2.37. The minimum absolute atomic E-state index is 0.244. The first kappa shape index (κ1) is 20.2. The van der Waals surface area contributed by atoms with Crippen molar-refractivity contribution < 1.29 is 9.53 Å². The standard InChI is InChI=1S/C18H37N3O2/c1-8-13(9-2)16(21(6)7)12-19-14-10-15(11-14)20-17(22)23-18(3,4)5/h13-16,19H,8-12H2,1-7H3,(H,20,22). The van der Waals surface area contributed by atoms with Gasteiger partial charge in [-0.15, -0.1) is 0 Å². The number of nitrogens with one attached hydrogen (secondary N) is 2. The van der Waals surface area contributed by atoms with E-state index in [9.17, 15) is 4.79 Å². The molecule has 0 aromatic rings. The Labute approximate surface area is 142 Å². The van der Waals surface area contributed by atoms with Crippen LogP contribution in [-0.2, 0) is 4.74 Å². The molecule has 1 rings (SSSR count). The zero-order valence-corrected chi connectivity index (χ0v) is 16.1. The first-order valence-corrected chi connectivity index (χ1v) is 9.05. The Bertz CT molecular complexity index is 356. The van der Waals surface area contributed by atoms with Crippen LogP contribution in [0.25, 0.3) is 0 Å². The minimum Gasteiger partial charge on any atom is -0.444 e. The molecule has 1 fully saturated rings. The molecule has 136 valence electrons. The van der Waals surface area contributed by atoms with Crippen molar-refractivity contribution in [2.45, 2.75) is 84.0 Å². The molecule has 0 bridgehead atoms. The predicted octanol–water partition coefficient (Wildman–Crippen LogP) is 3.00. The van der Waals surface area contributed by atoms with Gasteiger partial charge in [0, 0.05) is 24.7 Å². The van der Waals surface area contributed by atoms with Crippen LogP contribution in [0.5, 0.6) is 0 Å². The highest BCUT2D eigenvalue weighted by Gasteiger charge is 2.32. The summed E-state index contributed by atoms with van der Waals surface area (Å²) < 4.78 is 5.29. The summed E-state index contributed by atoms with van der Waals surface area (Å²) in [6.07, 6.45) is 4.11. The molecule has 0 radical (unpaired) electrons. The molecule has 0 aliphatic heterocycles. The van der Waals surface area contributed by atoms with Crippen molar-refractivity contribution in [1.82, 2.24) is 15.5 Å². The van der Waals surface area contributed by atoms with Crippen LogP contribution >= 0.6 is 0 Å². The fraction of sp³-hybridized carbons (Fsp3) is 0.944. The molecule has 5 heteroatoms. The molecule has 1 atom stereocenters. The van der Waals surface area contributed by atoms with Crippen LogP contribution in [0.1, 0.15) is 60.3 Å². The molecule has 0 heterocycles.